The zero-order valence-electron chi connectivity index (χ0n) is 19.0. The van der Waals surface area contributed by atoms with Crippen molar-refractivity contribution in [1.29, 1.82) is 0 Å². The molecule has 2 aliphatic rings. The quantitative estimate of drug-likeness (QED) is 0.565. The van der Waals surface area contributed by atoms with E-state index >= 15 is 0 Å². The van der Waals surface area contributed by atoms with Crippen molar-refractivity contribution in [2.24, 2.45) is 5.92 Å². The lowest BCUT2D eigenvalue weighted by Crippen LogP contribution is -2.46. The maximum Gasteiger partial charge on any atom is 0.246 e. The van der Waals surface area contributed by atoms with Gasteiger partial charge in [0.05, 0.1) is 22.3 Å². The molecule has 1 aromatic rings. The van der Waals surface area contributed by atoms with Gasteiger partial charge in [0, 0.05) is 58.3 Å². The molecule has 9 heteroatoms. The maximum atomic E-state index is 12.6. The van der Waals surface area contributed by atoms with Gasteiger partial charge in [0.15, 0.2) is 0 Å². The van der Waals surface area contributed by atoms with E-state index in [4.69, 9.17) is 23.2 Å². The van der Waals surface area contributed by atoms with E-state index in [1.807, 2.05) is 0 Å². The number of carbonyl (C=O) groups is 2. The highest BCUT2D eigenvalue weighted by Crippen LogP contribution is 2.23. The van der Waals surface area contributed by atoms with Crippen LogP contribution in [-0.4, -0.2) is 94.7 Å². The highest BCUT2D eigenvalue weighted by molar-refractivity contribution is 6.42. The Labute approximate surface area is 205 Å². The van der Waals surface area contributed by atoms with E-state index in [-0.39, 0.29) is 24.3 Å². The number of amides is 2. The standard InChI is InChI=1S/C24H33Cl2N3O4/c1-17-12-20(31)16-27(14-17)15-19(30)6-8-28-10-11-29(9-7-24(28)33)23(32)5-3-18-2-4-21(25)22(26)13-18/h2-5,13,17,19-20,30-31H,6-12,14-16H2,1H3. The van der Waals surface area contributed by atoms with Crippen molar-refractivity contribution in [2.45, 2.75) is 38.4 Å². The minimum absolute atomic E-state index is 0.00650. The van der Waals surface area contributed by atoms with Crippen LogP contribution in [0.2, 0.25) is 10.0 Å². The molecule has 33 heavy (non-hydrogen) atoms. The fraction of sp³-hybridized carbons (Fsp3) is 0.583. The van der Waals surface area contributed by atoms with Crippen LogP contribution in [0.3, 0.4) is 0 Å². The predicted molar refractivity (Wildman–Crippen MR) is 130 cm³/mol. The molecular weight excluding hydrogens is 465 g/mol. The average Bonchev–Trinajstić information content (AvgIpc) is 2.93. The van der Waals surface area contributed by atoms with Crippen LogP contribution in [0.15, 0.2) is 24.3 Å². The average molecular weight is 498 g/mol. The molecule has 2 aliphatic heterocycles. The van der Waals surface area contributed by atoms with Crippen molar-refractivity contribution in [3.63, 3.8) is 0 Å². The van der Waals surface area contributed by atoms with Gasteiger partial charge in [-0.25, -0.2) is 0 Å². The number of rotatable bonds is 7. The Bertz CT molecular complexity index is 856. The Balaban J connectivity index is 1.46. The smallest absolute Gasteiger partial charge is 0.246 e. The van der Waals surface area contributed by atoms with Crippen LogP contribution in [0.5, 0.6) is 0 Å². The molecule has 3 rings (SSSR count). The molecule has 0 spiro atoms. The van der Waals surface area contributed by atoms with E-state index < -0.39 is 6.10 Å². The lowest BCUT2D eigenvalue weighted by molar-refractivity contribution is -0.130. The van der Waals surface area contributed by atoms with Gasteiger partial charge in [-0.2, -0.15) is 0 Å². The van der Waals surface area contributed by atoms with Crippen LogP contribution < -0.4 is 0 Å². The summed E-state index contributed by atoms with van der Waals surface area (Å²) in [5, 5.41) is 21.3. The first kappa shape index (κ1) is 26.0. The second kappa shape index (κ2) is 12.2. The molecule has 7 nitrogen and oxygen atoms in total. The first-order valence-electron chi connectivity index (χ1n) is 11.5. The van der Waals surface area contributed by atoms with Gasteiger partial charge in [-0.3, -0.25) is 14.5 Å². The molecule has 0 saturated carbocycles. The number of nitrogens with zero attached hydrogens (tertiary/aromatic N) is 3. The van der Waals surface area contributed by atoms with Crippen LogP contribution in [0.1, 0.15) is 31.7 Å². The fourth-order valence-corrected chi connectivity index (χ4v) is 4.79. The molecule has 1 aromatic carbocycles. The van der Waals surface area contributed by atoms with E-state index in [9.17, 15) is 19.8 Å². The van der Waals surface area contributed by atoms with E-state index in [1.165, 1.54) is 6.08 Å². The van der Waals surface area contributed by atoms with Gasteiger partial charge < -0.3 is 20.0 Å². The highest BCUT2D eigenvalue weighted by atomic mass is 35.5. The topological polar surface area (TPSA) is 84.3 Å². The minimum atomic E-state index is -0.564. The second-order valence-electron chi connectivity index (χ2n) is 9.12. The number of piperidine rings is 1. The number of halogens is 2. The van der Waals surface area contributed by atoms with Crippen LogP contribution in [-0.2, 0) is 9.59 Å². The number of aliphatic hydroxyl groups is 2. The molecule has 0 bridgehead atoms. The molecule has 0 aromatic heterocycles. The maximum absolute atomic E-state index is 12.6. The molecule has 2 fully saturated rings. The lowest BCUT2D eigenvalue weighted by atomic mass is 9.97. The molecular formula is C24H33Cl2N3O4. The summed E-state index contributed by atoms with van der Waals surface area (Å²) in [5.74, 6) is 0.240. The van der Waals surface area contributed by atoms with Crippen LogP contribution in [0.4, 0.5) is 0 Å². The van der Waals surface area contributed by atoms with Crippen molar-refractivity contribution in [1.82, 2.24) is 14.7 Å². The number of aliphatic hydroxyl groups excluding tert-OH is 2. The molecule has 0 radical (unpaired) electrons. The summed E-state index contributed by atoms with van der Waals surface area (Å²) < 4.78 is 0. The van der Waals surface area contributed by atoms with Gasteiger partial charge in [-0.05, 0) is 42.5 Å². The number of hydrogen-bond donors (Lipinski definition) is 2. The summed E-state index contributed by atoms with van der Waals surface area (Å²) in [6, 6.07) is 5.15. The highest BCUT2D eigenvalue weighted by Gasteiger charge is 2.26. The molecule has 2 saturated heterocycles. The van der Waals surface area contributed by atoms with E-state index in [0.29, 0.717) is 61.7 Å². The van der Waals surface area contributed by atoms with Gasteiger partial charge >= 0.3 is 0 Å². The Morgan fingerprint density at radius 2 is 2.00 bits per heavy atom. The zero-order chi connectivity index (χ0) is 24.0. The molecule has 182 valence electrons. The first-order valence-corrected chi connectivity index (χ1v) is 12.2. The lowest BCUT2D eigenvalue weighted by Gasteiger charge is -2.35. The molecule has 3 atom stereocenters. The monoisotopic (exact) mass is 497 g/mol. The first-order chi connectivity index (χ1) is 15.7. The minimum Gasteiger partial charge on any atom is -0.392 e. The summed E-state index contributed by atoms with van der Waals surface area (Å²) in [4.78, 5) is 30.6. The molecule has 0 aliphatic carbocycles. The zero-order valence-corrected chi connectivity index (χ0v) is 20.5. The number of carbonyl (C=O) groups excluding carboxylic acids is 2. The SMILES string of the molecule is CC1CC(O)CN(CC(O)CCN2CCN(C(=O)C=Cc3ccc(Cl)c(Cl)c3)CCC2=O)C1. The van der Waals surface area contributed by atoms with Crippen LogP contribution in [0.25, 0.3) is 6.08 Å². The summed E-state index contributed by atoms with van der Waals surface area (Å²) >= 11 is 11.9. The molecule has 3 unspecified atom stereocenters. The third-order valence-corrected chi connectivity index (χ3v) is 6.92. The van der Waals surface area contributed by atoms with E-state index in [0.717, 1.165) is 18.5 Å². The third-order valence-electron chi connectivity index (χ3n) is 6.18. The van der Waals surface area contributed by atoms with Crippen molar-refractivity contribution in [3.05, 3.63) is 39.9 Å². The Hall–Kier alpha value is -1.64. The van der Waals surface area contributed by atoms with Gasteiger partial charge in [-0.1, -0.05) is 36.2 Å². The molecule has 2 amide bonds. The normalized spacial score (nSPS) is 23.7. The van der Waals surface area contributed by atoms with Gasteiger partial charge in [0.1, 0.15) is 0 Å². The van der Waals surface area contributed by atoms with Crippen LogP contribution >= 0.6 is 23.2 Å². The van der Waals surface area contributed by atoms with Crippen molar-refractivity contribution < 1.29 is 19.8 Å². The summed E-state index contributed by atoms with van der Waals surface area (Å²) in [7, 11) is 0. The van der Waals surface area contributed by atoms with Gasteiger partial charge in [0.25, 0.3) is 0 Å². The summed E-state index contributed by atoms with van der Waals surface area (Å²) in [5.41, 5.74) is 0.773. The number of hydrogen-bond acceptors (Lipinski definition) is 5. The summed E-state index contributed by atoms with van der Waals surface area (Å²) in [6.45, 7) is 5.75. The molecule has 2 N–H and O–H groups in total. The number of benzene rings is 1. The van der Waals surface area contributed by atoms with Gasteiger partial charge in [0.2, 0.25) is 11.8 Å². The predicted octanol–water partition coefficient (Wildman–Crippen LogP) is 2.52. The fourth-order valence-electron chi connectivity index (χ4n) is 4.48. The van der Waals surface area contributed by atoms with Crippen molar-refractivity contribution >= 4 is 41.1 Å². The van der Waals surface area contributed by atoms with Crippen molar-refractivity contribution in [2.75, 3.05) is 45.8 Å². The molecule has 2 heterocycles. The van der Waals surface area contributed by atoms with Crippen molar-refractivity contribution in [3.8, 4) is 0 Å². The second-order valence-corrected chi connectivity index (χ2v) is 9.93. The largest absolute Gasteiger partial charge is 0.392 e. The Morgan fingerprint density at radius 3 is 2.73 bits per heavy atom. The Kier molecular flexibility index (Phi) is 9.58. The third kappa shape index (κ3) is 7.97. The van der Waals surface area contributed by atoms with Gasteiger partial charge in [-0.15, -0.1) is 0 Å². The Morgan fingerprint density at radius 1 is 1.21 bits per heavy atom. The number of β-amino-alcohol motifs (C(OH)–C–C–N with tert-alkyl or cyclic N) is 2. The van der Waals surface area contributed by atoms with E-state index in [2.05, 4.69) is 11.8 Å². The number of likely N-dealkylation sites (tertiary alicyclic amines) is 1. The summed E-state index contributed by atoms with van der Waals surface area (Å²) in [6.07, 6.45) is 3.79. The van der Waals surface area contributed by atoms with E-state index in [1.54, 1.807) is 34.1 Å². The van der Waals surface area contributed by atoms with Crippen LogP contribution in [0, 0.1) is 5.92 Å².